The molecule has 3 rings (SSSR count). The van der Waals surface area contributed by atoms with Gasteiger partial charge in [0.15, 0.2) is 5.13 Å². The van der Waals surface area contributed by atoms with Crippen molar-refractivity contribution in [2.24, 2.45) is 0 Å². The first-order valence-corrected chi connectivity index (χ1v) is 7.32. The molecular formula is C14H10Cl2N2S. The monoisotopic (exact) mass is 308 g/mol. The predicted molar refractivity (Wildman–Crippen MR) is 83.4 cm³/mol. The molecule has 0 atom stereocenters. The van der Waals surface area contributed by atoms with E-state index in [0.717, 1.165) is 26.9 Å². The number of nitrogens with zero attached hydrogens (tertiary/aromatic N) is 1. The maximum atomic E-state index is 5.95. The Kier molecular flexibility index (Phi) is 3.60. The van der Waals surface area contributed by atoms with Gasteiger partial charge in [-0.25, -0.2) is 4.98 Å². The average Bonchev–Trinajstić information content (AvgIpc) is 2.80. The second kappa shape index (κ2) is 5.37. The van der Waals surface area contributed by atoms with E-state index in [2.05, 4.69) is 10.3 Å². The molecule has 5 heteroatoms. The Morgan fingerprint density at radius 1 is 1.00 bits per heavy atom. The predicted octanol–water partition coefficient (Wildman–Crippen LogP) is 5.22. The summed E-state index contributed by atoms with van der Waals surface area (Å²) in [5, 5.41) is 5.66. The minimum atomic E-state index is 0.710. The van der Waals surface area contributed by atoms with Crippen molar-refractivity contribution in [1.82, 2.24) is 4.98 Å². The Morgan fingerprint density at radius 2 is 1.74 bits per heavy atom. The highest BCUT2D eigenvalue weighted by Gasteiger charge is 2.04. The molecule has 96 valence electrons. The number of thiazole rings is 1. The minimum Gasteiger partial charge on any atom is -0.357 e. The summed E-state index contributed by atoms with van der Waals surface area (Å²) in [4.78, 5) is 4.50. The topological polar surface area (TPSA) is 24.9 Å². The number of halogens is 2. The summed E-state index contributed by atoms with van der Waals surface area (Å²) in [5.41, 5.74) is 2.10. The van der Waals surface area contributed by atoms with E-state index in [1.165, 1.54) is 5.56 Å². The van der Waals surface area contributed by atoms with Crippen LogP contribution < -0.4 is 5.32 Å². The molecule has 0 radical (unpaired) electrons. The van der Waals surface area contributed by atoms with Gasteiger partial charge in [0.1, 0.15) is 0 Å². The Balaban J connectivity index is 1.76. The number of benzene rings is 2. The van der Waals surface area contributed by atoms with E-state index in [4.69, 9.17) is 23.2 Å². The largest absolute Gasteiger partial charge is 0.357 e. The molecule has 0 fully saturated rings. The quantitative estimate of drug-likeness (QED) is 0.718. The Labute approximate surface area is 125 Å². The fourth-order valence-corrected chi connectivity index (χ4v) is 2.89. The second-order valence-electron chi connectivity index (χ2n) is 4.11. The van der Waals surface area contributed by atoms with Gasteiger partial charge in [0, 0.05) is 16.6 Å². The molecule has 2 nitrogen and oxygen atoms in total. The normalized spacial score (nSPS) is 10.8. The van der Waals surface area contributed by atoms with Crippen molar-refractivity contribution in [3.8, 4) is 0 Å². The molecule has 1 aromatic heterocycles. The zero-order valence-corrected chi connectivity index (χ0v) is 12.2. The third-order valence-electron chi connectivity index (χ3n) is 2.71. The maximum Gasteiger partial charge on any atom is 0.184 e. The molecule has 1 heterocycles. The molecule has 0 saturated heterocycles. The standard InChI is InChI=1S/C14H10Cl2N2S/c15-10-3-1-9(2-4-10)8-17-14-18-12-7-11(16)5-6-13(12)19-14/h1-7H,8H2,(H,17,18). The van der Waals surface area contributed by atoms with Gasteiger partial charge in [-0.1, -0.05) is 46.7 Å². The highest BCUT2D eigenvalue weighted by Crippen LogP contribution is 2.28. The SMILES string of the molecule is Clc1ccc(CNc2nc3cc(Cl)ccc3s2)cc1. The van der Waals surface area contributed by atoms with Gasteiger partial charge < -0.3 is 5.32 Å². The van der Waals surface area contributed by atoms with E-state index >= 15 is 0 Å². The van der Waals surface area contributed by atoms with Crippen LogP contribution in [0.25, 0.3) is 10.2 Å². The summed E-state index contributed by atoms with van der Waals surface area (Å²) >= 11 is 13.4. The molecule has 0 spiro atoms. The summed E-state index contributed by atoms with van der Waals surface area (Å²) in [6.07, 6.45) is 0. The number of anilines is 1. The van der Waals surface area contributed by atoms with E-state index in [0.29, 0.717) is 5.02 Å². The fraction of sp³-hybridized carbons (Fsp3) is 0.0714. The Hall–Kier alpha value is -1.29. The van der Waals surface area contributed by atoms with Crippen LogP contribution in [0.1, 0.15) is 5.56 Å². The molecule has 19 heavy (non-hydrogen) atoms. The zero-order valence-electron chi connectivity index (χ0n) is 9.86. The molecule has 2 aromatic carbocycles. The van der Waals surface area contributed by atoms with Crippen LogP contribution in [0.15, 0.2) is 42.5 Å². The van der Waals surface area contributed by atoms with Gasteiger partial charge in [0.2, 0.25) is 0 Å². The van der Waals surface area contributed by atoms with E-state index in [9.17, 15) is 0 Å². The number of nitrogens with one attached hydrogen (secondary N) is 1. The van der Waals surface area contributed by atoms with Gasteiger partial charge in [0.05, 0.1) is 10.2 Å². The van der Waals surface area contributed by atoms with E-state index in [1.807, 2.05) is 42.5 Å². The lowest BCUT2D eigenvalue weighted by Gasteiger charge is -2.02. The highest BCUT2D eigenvalue weighted by molar-refractivity contribution is 7.22. The summed E-state index contributed by atoms with van der Waals surface area (Å²) in [6, 6.07) is 13.5. The summed E-state index contributed by atoms with van der Waals surface area (Å²) in [6.45, 7) is 0.727. The molecular weight excluding hydrogens is 299 g/mol. The van der Waals surface area contributed by atoms with Crippen LogP contribution in [0.4, 0.5) is 5.13 Å². The number of rotatable bonds is 3. The van der Waals surface area contributed by atoms with Gasteiger partial charge in [-0.3, -0.25) is 0 Å². The molecule has 1 N–H and O–H groups in total. The van der Waals surface area contributed by atoms with Crippen LogP contribution in [0.2, 0.25) is 10.0 Å². The number of hydrogen-bond acceptors (Lipinski definition) is 3. The Morgan fingerprint density at radius 3 is 2.53 bits per heavy atom. The van der Waals surface area contributed by atoms with Gasteiger partial charge >= 0.3 is 0 Å². The molecule has 0 amide bonds. The molecule has 0 saturated carbocycles. The number of hydrogen-bond donors (Lipinski definition) is 1. The lowest BCUT2D eigenvalue weighted by molar-refractivity contribution is 1.14. The average molecular weight is 309 g/mol. The Bertz CT molecular complexity index is 707. The molecule has 0 unspecified atom stereocenters. The van der Waals surface area contributed by atoms with Crippen LogP contribution in [0.5, 0.6) is 0 Å². The van der Waals surface area contributed by atoms with Gasteiger partial charge in [-0.2, -0.15) is 0 Å². The molecule has 0 aliphatic rings. The number of aromatic nitrogens is 1. The molecule has 3 aromatic rings. The van der Waals surface area contributed by atoms with E-state index in [1.54, 1.807) is 11.3 Å². The fourth-order valence-electron chi connectivity index (χ4n) is 1.76. The summed E-state index contributed by atoms with van der Waals surface area (Å²) < 4.78 is 1.13. The van der Waals surface area contributed by atoms with Crippen LogP contribution in [0, 0.1) is 0 Å². The van der Waals surface area contributed by atoms with Gasteiger partial charge in [-0.05, 0) is 35.9 Å². The molecule has 0 aliphatic heterocycles. The van der Waals surface area contributed by atoms with Crippen LogP contribution in [0.3, 0.4) is 0 Å². The maximum absolute atomic E-state index is 5.95. The first-order chi connectivity index (χ1) is 9.20. The lowest BCUT2D eigenvalue weighted by atomic mass is 10.2. The van der Waals surface area contributed by atoms with Crippen molar-refractivity contribution in [3.05, 3.63) is 58.1 Å². The highest BCUT2D eigenvalue weighted by atomic mass is 35.5. The van der Waals surface area contributed by atoms with Crippen molar-refractivity contribution in [1.29, 1.82) is 0 Å². The van der Waals surface area contributed by atoms with Crippen molar-refractivity contribution >= 4 is 49.9 Å². The van der Waals surface area contributed by atoms with Crippen LogP contribution in [-0.4, -0.2) is 4.98 Å². The van der Waals surface area contributed by atoms with Crippen molar-refractivity contribution in [2.45, 2.75) is 6.54 Å². The third kappa shape index (κ3) is 3.00. The minimum absolute atomic E-state index is 0.710. The third-order valence-corrected chi connectivity index (χ3v) is 4.19. The molecule has 0 aliphatic carbocycles. The van der Waals surface area contributed by atoms with Gasteiger partial charge in [0.25, 0.3) is 0 Å². The smallest absolute Gasteiger partial charge is 0.184 e. The summed E-state index contributed by atoms with van der Waals surface area (Å²) in [5.74, 6) is 0. The first-order valence-electron chi connectivity index (χ1n) is 5.75. The first kappa shape index (κ1) is 12.7. The van der Waals surface area contributed by atoms with Crippen molar-refractivity contribution in [2.75, 3.05) is 5.32 Å². The van der Waals surface area contributed by atoms with Gasteiger partial charge in [-0.15, -0.1) is 0 Å². The zero-order chi connectivity index (χ0) is 13.2. The van der Waals surface area contributed by atoms with Crippen LogP contribution >= 0.6 is 34.5 Å². The second-order valence-corrected chi connectivity index (χ2v) is 6.01. The van der Waals surface area contributed by atoms with Crippen molar-refractivity contribution in [3.63, 3.8) is 0 Å². The number of fused-ring (bicyclic) bond motifs is 1. The van der Waals surface area contributed by atoms with Crippen molar-refractivity contribution < 1.29 is 0 Å². The molecule has 0 bridgehead atoms. The lowest BCUT2D eigenvalue weighted by Crippen LogP contribution is -1.98. The van der Waals surface area contributed by atoms with Crippen LogP contribution in [-0.2, 0) is 6.54 Å². The van der Waals surface area contributed by atoms with E-state index in [-0.39, 0.29) is 0 Å². The summed E-state index contributed by atoms with van der Waals surface area (Å²) in [7, 11) is 0. The van der Waals surface area contributed by atoms with E-state index < -0.39 is 0 Å².